The summed E-state index contributed by atoms with van der Waals surface area (Å²) in [5.74, 6) is -0.934. The normalized spacial score (nSPS) is 10.8. The molecule has 0 saturated heterocycles. The van der Waals surface area contributed by atoms with E-state index in [0.29, 0.717) is 0 Å². The van der Waals surface area contributed by atoms with Crippen molar-refractivity contribution >= 4 is 17.7 Å². The molecule has 2 aromatic carbocycles. The first-order valence-corrected chi connectivity index (χ1v) is 6.83. The second-order valence-electron chi connectivity index (χ2n) is 5.05. The Hall–Kier alpha value is -2.55. The molecule has 3 nitrogen and oxygen atoms in total. The lowest BCUT2D eigenvalue weighted by molar-refractivity contribution is -0.131. The Morgan fingerprint density at radius 1 is 1.14 bits per heavy atom. The van der Waals surface area contributed by atoms with Crippen LogP contribution in [0, 0.1) is 6.92 Å². The molecule has 2 rings (SSSR count). The fourth-order valence-electron chi connectivity index (χ4n) is 2.14. The summed E-state index contributed by atoms with van der Waals surface area (Å²) in [6, 6.07) is 16.2. The Morgan fingerprint density at radius 2 is 1.81 bits per heavy atom. The van der Waals surface area contributed by atoms with E-state index in [1.807, 2.05) is 30.3 Å². The number of nitrogens with zero attached hydrogens (tertiary/aromatic N) is 1. The first kappa shape index (κ1) is 14.9. The summed E-state index contributed by atoms with van der Waals surface area (Å²) >= 11 is 0. The number of carboxylic acid groups (broad SMARTS) is 1. The third kappa shape index (κ3) is 4.21. The van der Waals surface area contributed by atoms with Crippen LogP contribution in [0.3, 0.4) is 0 Å². The lowest BCUT2D eigenvalue weighted by Crippen LogP contribution is -2.16. The topological polar surface area (TPSA) is 40.5 Å². The molecule has 0 aliphatic heterocycles. The molecule has 0 aliphatic rings. The SMILES string of the molecule is Cc1ccccc1CN(C)c1ccc(C=CC(=O)O)cc1. The molecule has 0 heterocycles. The van der Waals surface area contributed by atoms with Gasteiger partial charge in [-0.15, -0.1) is 0 Å². The van der Waals surface area contributed by atoms with Gasteiger partial charge in [0.05, 0.1) is 0 Å². The van der Waals surface area contributed by atoms with E-state index in [1.165, 1.54) is 11.1 Å². The molecule has 0 aromatic heterocycles. The van der Waals surface area contributed by atoms with Crippen molar-refractivity contribution in [2.75, 3.05) is 11.9 Å². The van der Waals surface area contributed by atoms with Gasteiger partial charge in [0.2, 0.25) is 0 Å². The quantitative estimate of drug-likeness (QED) is 0.849. The van der Waals surface area contributed by atoms with Crippen LogP contribution in [0.2, 0.25) is 0 Å². The second-order valence-corrected chi connectivity index (χ2v) is 5.05. The van der Waals surface area contributed by atoms with Crippen LogP contribution >= 0.6 is 0 Å². The lowest BCUT2D eigenvalue weighted by Gasteiger charge is -2.20. The van der Waals surface area contributed by atoms with Crippen LogP contribution in [0.5, 0.6) is 0 Å². The summed E-state index contributed by atoms with van der Waals surface area (Å²) in [5.41, 5.74) is 4.57. The average Bonchev–Trinajstić information content (AvgIpc) is 2.48. The van der Waals surface area contributed by atoms with Gasteiger partial charge in [-0.2, -0.15) is 0 Å². The predicted octanol–water partition coefficient (Wildman–Crippen LogP) is 3.73. The molecule has 0 unspecified atom stereocenters. The van der Waals surface area contributed by atoms with Crippen LogP contribution in [0.1, 0.15) is 16.7 Å². The van der Waals surface area contributed by atoms with Gasteiger partial charge in [0, 0.05) is 25.4 Å². The van der Waals surface area contributed by atoms with Crippen molar-refractivity contribution in [1.82, 2.24) is 0 Å². The fourth-order valence-corrected chi connectivity index (χ4v) is 2.14. The van der Waals surface area contributed by atoms with Crippen LogP contribution in [0.25, 0.3) is 6.08 Å². The maximum atomic E-state index is 10.5. The van der Waals surface area contributed by atoms with Gasteiger partial charge in [-0.1, -0.05) is 36.4 Å². The van der Waals surface area contributed by atoms with Crippen LogP contribution in [0.4, 0.5) is 5.69 Å². The van der Waals surface area contributed by atoms with Crippen molar-refractivity contribution in [2.24, 2.45) is 0 Å². The Morgan fingerprint density at radius 3 is 2.43 bits per heavy atom. The van der Waals surface area contributed by atoms with Gasteiger partial charge in [0.25, 0.3) is 0 Å². The molecule has 21 heavy (non-hydrogen) atoms. The number of aliphatic carboxylic acids is 1. The van der Waals surface area contributed by atoms with Crippen molar-refractivity contribution < 1.29 is 9.90 Å². The minimum Gasteiger partial charge on any atom is -0.478 e. The highest BCUT2D eigenvalue weighted by molar-refractivity contribution is 5.85. The smallest absolute Gasteiger partial charge is 0.328 e. The van der Waals surface area contributed by atoms with Crippen molar-refractivity contribution in [1.29, 1.82) is 0 Å². The molecule has 1 N–H and O–H groups in total. The molecule has 2 aromatic rings. The number of rotatable bonds is 5. The molecule has 0 spiro atoms. The summed E-state index contributed by atoms with van der Waals surface area (Å²) in [4.78, 5) is 12.7. The number of aryl methyl sites for hydroxylation is 1. The van der Waals surface area contributed by atoms with Crippen LogP contribution < -0.4 is 4.90 Å². The number of hydrogen-bond acceptors (Lipinski definition) is 2. The zero-order valence-corrected chi connectivity index (χ0v) is 12.3. The average molecular weight is 281 g/mol. The van der Waals surface area contributed by atoms with Gasteiger partial charge < -0.3 is 10.0 Å². The standard InChI is InChI=1S/C18H19NO2/c1-14-5-3-4-6-16(14)13-19(2)17-10-7-15(8-11-17)9-12-18(20)21/h3-12H,13H2,1-2H3,(H,20,21). The highest BCUT2D eigenvalue weighted by Crippen LogP contribution is 2.18. The Kier molecular flexibility index (Phi) is 4.77. The van der Waals surface area contributed by atoms with E-state index < -0.39 is 5.97 Å². The fraction of sp³-hybridized carbons (Fsp3) is 0.167. The molecule has 0 atom stereocenters. The van der Waals surface area contributed by atoms with Gasteiger partial charge in [-0.05, 0) is 41.8 Å². The van der Waals surface area contributed by atoms with E-state index in [0.717, 1.165) is 23.9 Å². The molecule has 0 amide bonds. The molecule has 0 saturated carbocycles. The first-order valence-electron chi connectivity index (χ1n) is 6.83. The number of hydrogen-bond donors (Lipinski definition) is 1. The minimum absolute atomic E-state index is 0.844. The monoisotopic (exact) mass is 281 g/mol. The van der Waals surface area contributed by atoms with E-state index in [9.17, 15) is 4.79 Å². The molecule has 0 aliphatic carbocycles. The highest BCUT2D eigenvalue weighted by Gasteiger charge is 2.04. The van der Waals surface area contributed by atoms with Crippen molar-refractivity contribution in [3.63, 3.8) is 0 Å². The highest BCUT2D eigenvalue weighted by atomic mass is 16.4. The number of anilines is 1. The van der Waals surface area contributed by atoms with Crippen LogP contribution in [-0.4, -0.2) is 18.1 Å². The van der Waals surface area contributed by atoms with Gasteiger partial charge in [0.15, 0.2) is 0 Å². The molecule has 3 heteroatoms. The molecular weight excluding hydrogens is 262 g/mol. The van der Waals surface area contributed by atoms with Crippen molar-refractivity contribution in [3.05, 3.63) is 71.3 Å². The van der Waals surface area contributed by atoms with Crippen molar-refractivity contribution in [2.45, 2.75) is 13.5 Å². The van der Waals surface area contributed by atoms with E-state index >= 15 is 0 Å². The summed E-state index contributed by atoms with van der Waals surface area (Å²) < 4.78 is 0. The number of benzene rings is 2. The minimum atomic E-state index is -0.934. The predicted molar refractivity (Wildman–Crippen MR) is 86.4 cm³/mol. The van der Waals surface area contributed by atoms with Gasteiger partial charge in [-0.25, -0.2) is 4.79 Å². The zero-order valence-electron chi connectivity index (χ0n) is 12.3. The van der Waals surface area contributed by atoms with E-state index in [1.54, 1.807) is 6.08 Å². The van der Waals surface area contributed by atoms with Gasteiger partial charge in [0.1, 0.15) is 0 Å². The summed E-state index contributed by atoms with van der Waals surface area (Å²) in [6.07, 6.45) is 2.74. The zero-order chi connectivity index (χ0) is 15.2. The largest absolute Gasteiger partial charge is 0.478 e. The number of carboxylic acids is 1. The molecule has 0 radical (unpaired) electrons. The van der Waals surface area contributed by atoms with Gasteiger partial charge >= 0.3 is 5.97 Å². The molecule has 108 valence electrons. The number of carbonyl (C=O) groups is 1. The van der Waals surface area contributed by atoms with Gasteiger partial charge in [-0.3, -0.25) is 0 Å². The maximum absolute atomic E-state index is 10.5. The van der Waals surface area contributed by atoms with E-state index in [-0.39, 0.29) is 0 Å². The van der Waals surface area contributed by atoms with Crippen LogP contribution in [0.15, 0.2) is 54.6 Å². The summed E-state index contributed by atoms with van der Waals surface area (Å²) in [5, 5.41) is 8.61. The summed E-state index contributed by atoms with van der Waals surface area (Å²) in [6.45, 7) is 2.96. The lowest BCUT2D eigenvalue weighted by atomic mass is 10.1. The molecule has 0 fully saturated rings. The molecule has 0 bridgehead atoms. The Balaban J connectivity index is 2.08. The third-order valence-electron chi connectivity index (χ3n) is 3.42. The van der Waals surface area contributed by atoms with E-state index in [2.05, 4.69) is 37.1 Å². The third-order valence-corrected chi connectivity index (χ3v) is 3.42. The van der Waals surface area contributed by atoms with Crippen LogP contribution in [-0.2, 0) is 11.3 Å². The second kappa shape index (κ2) is 6.75. The van der Waals surface area contributed by atoms with E-state index in [4.69, 9.17) is 5.11 Å². The molecular formula is C18H19NO2. The Labute approximate surface area is 125 Å². The summed E-state index contributed by atoms with van der Waals surface area (Å²) in [7, 11) is 2.05. The first-order chi connectivity index (χ1) is 10.1. The maximum Gasteiger partial charge on any atom is 0.328 e. The van der Waals surface area contributed by atoms with Crippen molar-refractivity contribution in [3.8, 4) is 0 Å². The Bertz CT molecular complexity index is 645.